The van der Waals surface area contributed by atoms with Crippen LogP contribution in [0.5, 0.6) is 0 Å². The molecule has 0 spiro atoms. The Morgan fingerprint density at radius 2 is 1.90 bits per heavy atom. The van der Waals surface area contributed by atoms with Crippen molar-refractivity contribution in [1.82, 2.24) is 24.7 Å². The van der Waals surface area contributed by atoms with Gasteiger partial charge in [-0.3, -0.25) is 4.79 Å². The minimum Gasteiger partial charge on any atom is -0.351 e. The van der Waals surface area contributed by atoms with E-state index in [-0.39, 0.29) is 17.3 Å². The molecule has 166 valence electrons. The molecule has 1 aliphatic heterocycles. The van der Waals surface area contributed by atoms with Crippen molar-refractivity contribution in [3.63, 3.8) is 0 Å². The molecule has 3 aromatic heterocycles. The van der Waals surface area contributed by atoms with Crippen LogP contribution in [0, 0.1) is 6.92 Å². The van der Waals surface area contributed by atoms with Gasteiger partial charge in [-0.25, -0.2) is 9.50 Å². The topological polar surface area (TPSA) is 76.5 Å². The predicted octanol–water partition coefficient (Wildman–Crippen LogP) is 4.71. The molecule has 0 bridgehead atoms. The number of aryl methyl sites for hydroxylation is 1. The molecule has 0 N–H and O–H groups in total. The zero-order chi connectivity index (χ0) is 22.6. The van der Waals surface area contributed by atoms with Gasteiger partial charge in [0.05, 0.1) is 23.1 Å². The first-order valence-electron chi connectivity index (χ1n) is 10.2. The second-order valence-electron chi connectivity index (χ2n) is 8.96. The Kier molecular flexibility index (Phi) is 5.06. The molecule has 0 aliphatic carbocycles. The standard InChI is InChI=1S/C21H24F3N5O2/c1-12-9-15(31-27-12)19(30)28-8-6-5-7-14(28)13-10-18-25-16(20(2,3)4)11-17(21(22,23)24)29(18)26-13/h9-11,14H,5-8H2,1-4H3/t14-/m1/s1. The van der Waals surface area contributed by atoms with Crippen LogP contribution in [0.25, 0.3) is 5.65 Å². The van der Waals surface area contributed by atoms with Gasteiger partial charge in [-0.05, 0) is 32.3 Å². The number of hydrogen-bond donors (Lipinski definition) is 0. The van der Waals surface area contributed by atoms with Crippen LogP contribution in [0.3, 0.4) is 0 Å². The number of fused-ring (bicyclic) bond motifs is 1. The number of amides is 1. The van der Waals surface area contributed by atoms with Crippen molar-refractivity contribution in [2.75, 3.05) is 6.54 Å². The van der Waals surface area contributed by atoms with E-state index in [0.717, 1.165) is 23.4 Å². The van der Waals surface area contributed by atoms with E-state index < -0.39 is 23.3 Å². The first-order chi connectivity index (χ1) is 14.4. The summed E-state index contributed by atoms with van der Waals surface area (Å²) in [5, 5.41) is 8.01. The van der Waals surface area contributed by atoms with Gasteiger partial charge in [0.25, 0.3) is 5.91 Å². The fourth-order valence-electron chi connectivity index (χ4n) is 3.83. The molecule has 1 atom stereocenters. The first-order valence-corrected chi connectivity index (χ1v) is 10.2. The monoisotopic (exact) mass is 435 g/mol. The molecule has 4 rings (SSSR count). The molecule has 1 aliphatic rings. The average Bonchev–Trinajstić information content (AvgIpc) is 3.31. The Hall–Kier alpha value is -2.91. The third-order valence-corrected chi connectivity index (χ3v) is 5.45. The van der Waals surface area contributed by atoms with Crippen molar-refractivity contribution in [1.29, 1.82) is 0 Å². The van der Waals surface area contributed by atoms with E-state index in [1.807, 2.05) is 20.8 Å². The molecule has 7 nitrogen and oxygen atoms in total. The van der Waals surface area contributed by atoms with Crippen LogP contribution < -0.4 is 0 Å². The fourth-order valence-corrected chi connectivity index (χ4v) is 3.83. The summed E-state index contributed by atoms with van der Waals surface area (Å²) in [7, 11) is 0. The number of nitrogens with zero attached hydrogens (tertiary/aromatic N) is 5. The Balaban J connectivity index is 1.80. The van der Waals surface area contributed by atoms with Gasteiger partial charge in [0, 0.05) is 24.1 Å². The number of alkyl halides is 3. The third-order valence-electron chi connectivity index (χ3n) is 5.45. The summed E-state index contributed by atoms with van der Waals surface area (Å²) in [6, 6.07) is 3.68. The van der Waals surface area contributed by atoms with Crippen LogP contribution in [-0.4, -0.2) is 37.1 Å². The number of rotatable bonds is 2. The second-order valence-corrected chi connectivity index (χ2v) is 8.96. The fraction of sp³-hybridized carbons (Fsp3) is 0.524. The van der Waals surface area contributed by atoms with Crippen LogP contribution in [-0.2, 0) is 11.6 Å². The third kappa shape index (κ3) is 4.03. The van der Waals surface area contributed by atoms with Crippen molar-refractivity contribution in [2.45, 2.75) is 64.6 Å². The van der Waals surface area contributed by atoms with Gasteiger partial charge < -0.3 is 9.42 Å². The Bertz CT molecular complexity index is 1130. The Morgan fingerprint density at radius 3 is 2.52 bits per heavy atom. The van der Waals surface area contributed by atoms with Gasteiger partial charge in [0.2, 0.25) is 5.76 Å². The molecule has 10 heteroatoms. The predicted molar refractivity (Wildman–Crippen MR) is 106 cm³/mol. The molecule has 0 radical (unpaired) electrons. The quantitative estimate of drug-likeness (QED) is 0.583. The number of aromatic nitrogens is 4. The number of carbonyl (C=O) groups excluding carboxylic acids is 1. The van der Waals surface area contributed by atoms with E-state index in [1.165, 1.54) is 0 Å². The van der Waals surface area contributed by atoms with Crippen LogP contribution in [0.4, 0.5) is 13.2 Å². The van der Waals surface area contributed by atoms with Crippen LogP contribution in [0.2, 0.25) is 0 Å². The van der Waals surface area contributed by atoms with Crippen molar-refractivity contribution >= 4 is 11.6 Å². The Morgan fingerprint density at radius 1 is 1.16 bits per heavy atom. The number of likely N-dealkylation sites (tertiary alicyclic amines) is 1. The van der Waals surface area contributed by atoms with E-state index in [4.69, 9.17) is 4.52 Å². The van der Waals surface area contributed by atoms with E-state index in [1.54, 1.807) is 24.0 Å². The normalized spacial score (nSPS) is 18.0. The molecule has 0 unspecified atom stereocenters. The zero-order valence-electron chi connectivity index (χ0n) is 17.8. The molecule has 31 heavy (non-hydrogen) atoms. The molecule has 0 aromatic carbocycles. The lowest BCUT2D eigenvalue weighted by atomic mass is 9.91. The van der Waals surface area contributed by atoms with E-state index in [0.29, 0.717) is 30.0 Å². The first kappa shape index (κ1) is 21.3. The van der Waals surface area contributed by atoms with Crippen molar-refractivity contribution < 1.29 is 22.5 Å². The highest BCUT2D eigenvalue weighted by Crippen LogP contribution is 2.36. The van der Waals surface area contributed by atoms with Crippen molar-refractivity contribution in [3.05, 3.63) is 46.7 Å². The molecular weight excluding hydrogens is 411 g/mol. The van der Waals surface area contributed by atoms with Crippen molar-refractivity contribution in [3.8, 4) is 0 Å². The summed E-state index contributed by atoms with van der Waals surface area (Å²) in [5.74, 6) is -0.237. The van der Waals surface area contributed by atoms with E-state index in [9.17, 15) is 18.0 Å². The molecule has 0 saturated carbocycles. The second kappa shape index (κ2) is 7.35. The van der Waals surface area contributed by atoms with Gasteiger partial charge in [-0.1, -0.05) is 25.9 Å². The SMILES string of the molecule is Cc1cc(C(=O)N2CCCC[C@@H]2c2cc3nc(C(C)(C)C)cc(C(F)(F)F)n3n2)on1. The largest absolute Gasteiger partial charge is 0.433 e. The summed E-state index contributed by atoms with van der Waals surface area (Å²) >= 11 is 0. The highest BCUT2D eigenvalue weighted by molar-refractivity contribution is 5.91. The minimum atomic E-state index is -4.59. The minimum absolute atomic E-state index is 0.109. The summed E-state index contributed by atoms with van der Waals surface area (Å²) in [4.78, 5) is 19.0. The lowest BCUT2D eigenvalue weighted by Crippen LogP contribution is -2.38. The van der Waals surface area contributed by atoms with Crippen LogP contribution in [0.1, 0.15) is 79.4 Å². The number of halogens is 3. The lowest BCUT2D eigenvalue weighted by Gasteiger charge is -2.33. The van der Waals surface area contributed by atoms with Gasteiger partial charge in [-0.15, -0.1) is 0 Å². The van der Waals surface area contributed by atoms with Crippen LogP contribution >= 0.6 is 0 Å². The molecular formula is C21H24F3N5O2. The summed E-state index contributed by atoms with van der Waals surface area (Å²) in [6.45, 7) is 7.61. The van der Waals surface area contributed by atoms with Crippen LogP contribution in [0.15, 0.2) is 22.7 Å². The maximum Gasteiger partial charge on any atom is 0.433 e. The number of hydrogen-bond acceptors (Lipinski definition) is 5. The van der Waals surface area contributed by atoms with E-state index >= 15 is 0 Å². The highest BCUT2D eigenvalue weighted by atomic mass is 19.4. The van der Waals surface area contributed by atoms with Crippen molar-refractivity contribution in [2.24, 2.45) is 0 Å². The zero-order valence-corrected chi connectivity index (χ0v) is 17.8. The molecule has 4 heterocycles. The van der Waals surface area contributed by atoms with E-state index in [2.05, 4.69) is 15.2 Å². The number of piperidine rings is 1. The Labute approximate surface area is 177 Å². The number of carbonyl (C=O) groups is 1. The maximum atomic E-state index is 13.8. The molecule has 3 aromatic rings. The summed E-state index contributed by atoms with van der Waals surface area (Å²) in [6.07, 6.45) is -2.37. The smallest absolute Gasteiger partial charge is 0.351 e. The molecule has 1 fully saturated rings. The molecule has 1 saturated heterocycles. The maximum absolute atomic E-state index is 13.8. The van der Waals surface area contributed by atoms with Gasteiger partial charge in [-0.2, -0.15) is 18.3 Å². The molecule has 1 amide bonds. The summed E-state index contributed by atoms with van der Waals surface area (Å²) < 4.78 is 47.3. The van der Waals surface area contributed by atoms with Gasteiger partial charge in [0.1, 0.15) is 5.69 Å². The van der Waals surface area contributed by atoms with Gasteiger partial charge in [0.15, 0.2) is 5.65 Å². The highest BCUT2D eigenvalue weighted by Gasteiger charge is 2.38. The lowest BCUT2D eigenvalue weighted by molar-refractivity contribution is -0.142. The van der Waals surface area contributed by atoms with Gasteiger partial charge >= 0.3 is 6.18 Å². The summed E-state index contributed by atoms with van der Waals surface area (Å²) in [5.41, 5.74) is -0.0425. The average molecular weight is 435 g/mol.